The fourth-order valence-electron chi connectivity index (χ4n) is 4.02. The molecule has 0 aliphatic heterocycles. The Morgan fingerprint density at radius 1 is 1.10 bits per heavy atom. The average Bonchev–Trinajstić information content (AvgIpc) is 3.28. The van der Waals surface area contributed by atoms with Crippen LogP contribution in [0.4, 0.5) is 11.6 Å². The highest BCUT2D eigenvalue weighted by atomic mass is 16.5. The summed E-state index contributed by atoms with van der Waals surface area (Å²) in [5, 5.41) is 12.7. The molecule has 154 valence electrons. The highest BCUT2D eigenvalue weighted by molar-refractivity contribution is 5.99. The summed E-state index contributed by atoms with van der Waals surface area (Å²) in [4.78, 5) is 21.7. The van der Waals surface area contributed by atoms with E-state index in [1.165, 1.54) is 0 Å². The minimum absolute atomic E-state index is 0.0722. The van der Waals surface area contributed by atoms with Crippen molar-refractivity contribution in [1.29, 1.82) is 0 Å². The van der Waals surface area contributed by atoms with Crippen molar-refractivity contribution in [3.8, 4) is 16.9 Å². The molecule has 2 aromatic carbocycles. The average molecular weight is 403 g/mol. The Morgan fingerprint density at radius 3 is 2.57 bits per heavy atom. The number of aliphatic hydroxyl groups is 1. The molecule has 1 unspecified atom stereocenters. The number of carbonyl (C=O) groups is 1. The molecule has 0 bridgehead atoms. The number of ketones is 1. The molecule has 1 fully saturated rings. The number of anilines is 2. The van der Waals surface area contributed by atoms with Gasteiger partial charge in [-0.05, 0) is 48.6 Å². The summed E-state index contributed by atoms with van der Waals surface area (Å²) < 4.78 is 5.18. The molecule has 3 aromatic rings. The van der Waals surface area contributed by atoms with Crippen LogP contribution in [0.1, 0.15) is 29.6 Å². The molecule has 1 aromatic heterocycles. The Kier molecular flexibility index (Phi) is 6.05. The van der Waals surface area contributed by atoms with E-state index in [9.17, 15) is 9.90 Å². The second kappa shape index (κ2) is 9.05. The molecular weight excluding hydrogens is 378 g/mol. The van der Waals surface area contributed by atoms with Gasteiger partial charge in [0.25, 0.3) is 0 Å². The fraction of sp³-hybridized carbons (Fsp3) is 0.292. The van der Waals surface area contributed by atoms with Crippen LogP contribution in [0.2, 0.25) is 0 Å². The van der Waals surface area contributed by atoms with Crippen molar-refractivity contribution in [3.63, 3.8) is 0 Å². The number of methoxy groups -OCH3 is 1. The van der Waals surface area contributed by atoms with Crippen molar-refractivity contribution in [3.05, 3.63) is 66.5 Å². The van der Waals surface area contributed by atoms with E-state index in [-0.39, 0.29) is 24.2 Å². The Balaban J connectivity index is 1.46. The molecule has 1 aliphatic carbocycles. The summed E-state index contributed by atoms with van der Waals surface area (Å²) in [5.74, 6) is 1.35. The van der Waals surface area contributed by atoms with Crippen molar-refractivity contribution in [1.82, 2.24) is 9.97 Å². The lowest BCUT2D eigenvalue weighted by atomic mass is 9.89. The van der Waals surface area contributed by atoms with Crippen LogP contribution in [0.3, 0.4) is 0 Å². The van der Waals surface area contributed by atoms with Gasteiger partial charge in [-0.15, -0.1) is 0 Å². The van der Waals surface area contributed by atoms with Crippen LogP contribution >= 0.6 is 0 Å². The van der Waals surface area contributed by atoms with Crippen molar-refractivity contribution in [2.45, 2.75) is 19.3 Å². The molecule has 1 heterocycles. The zero-order valence-corrected chi connectivity index (χ0v) is 16.9. The third kappa shape index (κ3) is 4.33. The van der Waals surface area contributed by atoms with Gasteiger partial charge in [0.05, 0.1) is 7.11 Å². The van der Waals surface area contributed by atoms with Gasteiger partial charge in [0.2, 0.25) is 5.95 Å². The minimum atomic E-state index is -0.0923. The molecule has 4 rings (SSSR count). The first-order chi connectivity index (χ1) is 14.7. The van der Waals surface area contributed by atoms with Crippen LogP contribution in [0.15, 0.2) is 60.9 Å². The molecule has 1 saturated carbocycles. The number of carbonyl (C=O) groups excluding carboxylic acids is 1. The van der Waals surface area contributed by atoms with Gasteiger partial charge in [0.1, 0.15) is 5.75 Å². The number of aromatic nitrogens is 2. The van der Waals surface area contributed by atoms with E-state index in [1.54, 1.807) is 19.5 Å². The lowest BCUT2D eigenvalue weighted by molar-refractivity contribution is 0.0851. The number of hydrogen-bond donors (Lipinski definition) is 2. The third-order valence-electron chi connectivity index (χ3n) is 5.71. The van der Waals surface area contributed by atoms with Gasteiger partial charge >= 0.3 is 0 Å². The Labute approximate surface area is 176 Å². The number of rotatable bonds is 7. The first kappa shape index (κ1) is 20.0. The zero-order valence-electron chi connectivity index (χ0n) is 16.9. The Morgan fingerprint density at radius 2 is 1.87 bits per heavy atom. The van der Waals surface area contributed by atoms with Gasteiger partial charge in [-0.25, -0.2) is 9.97 Å². The molecular formula is C24H25N3O3. The van der Waals surface area contributed by atoms with Gasteiger partial charge in [0.15, 0.2) is 5.78 Å². The van der Waals surface area contributed by atoms with Gasteiger partial charge in [-0.3, -0.25) is 4.79 Å². The number of Topliss-reactive ketones (excluding diaryl/α,β-unsaturated/α-hetero) is 1. The van der Waals surface area contributed by atoms with Crippen LogP contribution in [0, 0.1) is 11.8 Å². The second-order valence-corrected chi connectivity index (χ2v) is 7.57. The third-order valence-corrected chi connectivity index (χ3v) is 5.71. The molecule has 6 nitrogen and oxygen atoms in total. The van der Waals surface area contributed by atoms with Crippen LogP contribution in [0.25, 0.3) is 11.1 Å². The van der Waals surface area contributed by atoms with Crippen LogP contribution in [-0.2, 0) is 0 Å². The van der Waals surface area contributed by atoms with E-state index in [1.807, 2.05) is 48.5 Å². The summed E-state index contributed by atoms with van der Waals surface area (Å²) in [5.41, 5.74) is 3.32. The molecule has 0 saturated heterocycles. The number of ether oxygens (including phenoxy) is 1. The maximum Gasteiger partial charge on any atom is 0.227 e. The first-order valence-electron chi connectivity index (χ1n) is 10.2. The molecule has 1 aliphatic rings. The number of nitrogens with one attached hydrogen (secondary N) is 1. The number of aliphatic hydroxyl groups excluding tert-OH is 1. The molecule has 2 atom stereocenters. The van der Waals surface area contributed by atoms with E-state index in [2.05, 4.69) is 15.3 Å². The standard InChI is InChI=1S/C24H25N3O3/c1-30-21-10-8-16(9-11-21)19-13-25-24(26-14-19)27-20-6-2-4-17(12-20)23(29)22-7-3-5-18(22)15-28/h2,4,6,8-14,18,22,28H,3,5,7,15H2,1H3,(H,25,26,27)/t18-,22?/m0/s1. The lowest BCUT2D eigenvalue weighted by Gasteiger charge is -2.16. The molecule has 2 N–H and O–H groups in total. The lowest BCUT2D eigenvalue weighted by Crippen LogP contribution is -2.21. The highest BCUT2D eigenvalue weighted by Gasteiger charge is 2.32. The Hall–Kier alpha value is -3.25. The molecule has 6 heteroatoms. The van der Waals surface area contributed by atoms with Crippen molar-refractivity contribution < 1.29 is 14.6 Å². The Bertz CT molecular complexity index is 1000. The second-order valence-electron chi connectivity index (χ2n) is 7.57. The zero-order chi connectivity index (χ0) is 20.9. The van der Waals surface area contributed by atoms with E-state index in [4.69, 9.17) is 4.74 Å². The largest absolute Gasteiger partial charge is 0.497 e. The smallest absolute Gasteiger partial charge is 0.227 e. The van der Waals surface area contributed by atoms with Crippen LogP contribution in [-0.4, -0.2) is 34.6 Å². The fourth-order valence-corrected chi connectivity index (χ4v) is 4.02. The quantitative estimate of drug-likeness (QED) is 0.566. The number of nitrogens with zero attached hydrogens (tertiary/aromatic N) is 2. The first-order valence-corrected chi connectivity index (χ1v) is 10.2. The summed E-state index contributed by atoms with van der Waals surface area (Å²) in [6, 6.07) is 15.1. The van der Waals surface area contributed by atoms with E-state index in [0.29, 0.717) is 11.5 Å². The predicted molar refractivity (Wildman–Crippen MR) is 116 cm³/mol. The maximum absolute atomic E-state index is 12.9. The number of benzene rings is 2. The van der Waals surface area contributed by atoms with Crippen molar-refractivity contribution in [2.75, 3.05) is 19.0 Å². The topological polar surface area (TPSA) is 84.3 Å². The molecule has 0 radical (unpaired) electrons. The monoisotopic (exact) mass is 403 g/mol. The van der Waals surface area contributed by atoms with E-state index in [0.717, 1.165) is 41.8 Å². The highest BCUT2D eigenvalue weighted by Crippen LogP contribution is 2.34. The van der Waals surface area contributed by atoms with Gasteiger partial charge in [-0.2, -0.15) is 0 Å². The van der Waals surface area contributed by atoms with Crippen LogP contribution in [0.5, 0.6) is 5.75 Å². The summed E-state index contributed by atoms with van der Waals surface area (Å²) in [7, 11) is 1.64. The summed E-state index contributed by atoms with van der Waals surface area (Å²) in [6.45, 7) is 0.0722. The SMILES string of the molecule is COc1ccc(-c2cnc(Nc3cccc(C(=O)C4CCC[C@H]4CO)c3)nc2)cc1. The maximum atomic E-state index is 12.9. The molecule has 0 spiro atoms. The predicted octanol–water partition coefficient (Wildman–Crippen LogP) is 4.49. The normalized spacial score (nSPS) is 18.2. The van der Waals surface area contributed by atoms with Gasteiger partial charge in [-0.1, -0.05) is 30.7 Å². The summed E-state index contributed by atoms with van der Waals surface area (Å²) in [6.07, 6.45) is 6.28. The van der Waals surface area contributed by atoms with Crippen LogP contribution < -0.4 is 10.1 Å². The van der Waals surface area contributed by atoms with E-state index < -0.39 is 0 Å². The van der Waals surface area contributed by atoms with Crippen molar-refractivity contribution in [2.24, 2.45) is 11.8 Å². The number of hydrogen-bond acceptors (Lipinski definition) is 6. The minimum Gasteiger partial charge on any atom is -0.497 e. The van der Waals surface area contributed by atoms with Gasteiger partial charge in [0, 0.05) is 41.7 Å². The molecule has 30 heavy (non-hydrogen) atoms. The molecule has 0 amide bonds. The van der Waals surface area contributed by atoms with E-state index >= 15 is 0 Å². The van der Waals surface area contributed by atoms with Crippen molar-refractivity contribution >= 4 is 17.4 Å². The summed E-state index contributed by atoms with van der Waals surface area (Å²) >= 11 is 0. The van der Waals surface area contributed by atoms with Gasteiger partial charge < -0.3 is 15.2 Å².